The molecule has 5 nitrogen and oxygen atoms in total. The van der Waals surface area contributed by atoms with E-state index in [9.17, 15) is 0 Å². The second kappa shape index (κ2) is 7.13. The number of hydrogen-bond donors (Lipinski definition) is 1. The normalized spacial score (nSPS) is 16.8. The van der Waals surface area contributed by atoms with Crippen molar-refractivity contribution < 1.29 is 4.74 Å². The average molecular weight is 376 g/mol. The number of nitrogens with zero attached hydrogens (tertiary/aromatic N) is 3. The van der Waals surface area contributed by atoms with Gasteiger partial charge in [-0.1, -0.05) is 36.4 Å². The van der Waals surface area contributed by atoms with Crippen LogP contribution < -0.4 is 0 Å². The molecule has 4 aromatic rings. The number of thiophene rings is 1. The lowest BCUT2D eigenvalue weighted by Crippen LogP contribution is -2.10. The molecule has 0 bridgehead atoms. The van der Waals surface area contributed by atoms with Crippen molar-refractivity contribution in [3.8, 4) is 21.8 Å². The van der Waals surface area contributed by atoms with Gasteiger partial charge in [-0.2, -0.15) is 5.10 Å². The Morgan fingerprint density at radius 3 is 2.89 bits per heavy atom. The quantitative estimate of drug-likeness (QED) is 0.556. The molecule has 1 unspecified atom stereocenters. The predicted octanol–water partition coefficient (Wildman–Crippen LogP) is 4.55. The third-order valence-corrected chi connectivity index (χ3v) is 5.96. The lowest BCUT2D eigenvalue weighted by atomic mass is 9.99. The van der Waals surface area contributed by atoms with Gasteiger partial charge in [-0.25, -0.2) is 4.98 Å². The molecule has 1 aliphatic heterocycles. The first-order valence-corrected chi connectivity index (χ1v) is 10.0. The van der Waals surface area contributed by atoms with E-state index in [-0.39, 0.29) is 0 Å². The Hall–Kier alpha value is -2.70. The largest absolute Gasteiger partial charge is 0.381 e. The fourth-order valence-corrected chi connectivity index (χ4v) is 4.52. The monoisotopic (exact) mass is 376 g/mol. The molecule has 3 aromatic heterocycles. The molecule has 0 aliphatic carbocycles. The zero-order valence-corrected chi connectivity index (χ0v) is 15.7. The van der Waals surface area contributed by atoms with Crippen LogP contribution >= 0.6 is 11.3 Å². The first kappa shape index (κ1) is 16.5. The van der Waals surface area contributed by atoms with E-state index in [0.29, 0.717) is 5.92 Å². The van der Waals surface area contributed by atoms with Gasteiger partial charge in [-0.3, -0.25) is 5.10 Å². The molecule has 1 N–H and O–H groups in total. The SMILES string of the molecule is c1ccc(-c2ncn(Cc3cn[nH]c3-c3cccs3)c2C2CCOC2)cc1. The van der Waals surface area contributed by atoms with Gasteiger partial charge < -0.3 is 9.30 Å². The number of aromatic nitrogens is 4. The fraction of sp³-hybridized carbons (Fsp3) is 0.238. The van der Waals surface area contributed by atoms with Crippen LogP contribution in [0.3, 0.4) is 0 Å². The Bertz CT molecular complexity index is 1010. The van der Waals surface area contributed by atoms with Crippen molar-refractivity contribution in [3.05, 3.63) is 71.6 Å². The van der Waals surface area contributed by atoms with E-state index in [2.05, 4.69) is 56.5 Å². The van der Waals surface area contributed by atoms with Gasteiger partial charge >= 0.3 is 0 Å². The number of ether oxygens (including phenoxy) is 1. The average Bonchev–Trinajstić information content (AvgIpc) is 3.48. The third kappa shape index (κ3) is 3.11. The molecule has 1 aromatic carbocycles. The summed E-state index contributed by atoms with van der Waals surface area (Å²) < 4.78 is 7.95. The summed E-state index contributed by atoms with van der Waals surface area (Å²) in [5, 5.41) is 9.54. The topological polar surface area (TPSA) is 55.7 Å². The summed E-state index contributed by atoms with van der Waals surface area (Å²) in [6.45, 7) is 2.32. The predicted molar refractivity (Wildman–Crippen MR) is 107 cm³/mol. The van der Waals surface area contributed by atoms with E-state index < -0.39 is 0 Å². The van der Waals surface area contributed by atoms with Gasteiger partial charge in [0.15, 0.2) is 0 Å². The van der Waals surface area contributed by atoms with Crippen molar-refractivity contribution in [2.75, 3.05) is 13.2 Å². The highest BCUT2D eigenvalue weighted by molar-refractivity contribution is 7.13. The molecule has 0 saturated carbocycles. The summed E-state index contributed by atoms with van der Waals surface area (Å²) in [6, 6.07) is 14.6. The van der Waals surface area contributed by atoms with Gasteiger partial charge in [-0.15, -0.1) is 11.3 Å². The fourth-order valence-electron chi connectivity index (χ4n) is 3.76. The molecule has 136 valence electrons. The van der Waals surface area contributed by atoms with Gasteiger partial charge in [0.2, 0.25) is 0 Å². The van der Waals surface area contributed by atoms with Crippen LogP contribution in [0, 0.1) is 0 Å². The van der Waals surface area contributed by atoms with Crippen molar-refractivity contribution in [3.63, 3.8) is 0 Å². The molecular formula is C21H20N4OS. The van der Waals surface area contributed by atoms with E-state index in [1.165, 1.54) is 16.1 Å². The molecule has 0 radical (unpaired) electrons. The van der Waals surface area contributed by atoms with Gasteiger partial charge in [0.05, 0.1) is 47.6 Å². The van der Waals surface area contributed by atoms with Crippen LogP contribution in [0.4, 0.5) is 0 Å². The van der Waals surface area contributed by atoms with Gasteiger partial charge in [0, 0.05) is 23.7 Å². The van der Waals surface area contributed by atoms with Crippen LogP contribution in [0.15, 0.2) is 60.4 Å². The van der Waals surface area contributed by atoms with Crippen LogP contribution in [0.25, 0.3) is 21.8 Å². The maximum absolute atomic E-state index is 5.69. The van der Waals surface area contributed by atoms with Crippen molar-refractivity contribution >= 4 is 11.3 Å². The zero-order valence-electron chi connectivity index (χ0n) is 14.8. The minimum absolute atomic E-state index is 0.375. The number of rotatable bonds is 5. The van der Waals surface area contributed by atoms with Crippen molar-refractivity contribution in [1.29, 1.82) is 0 Å². The number of aromatic amines is 1. The zero-order chi connectivity index (χ0) is 18.1. The standard InChI is InChI=1S/C21H20N4OS/c1-2-5-15(6-3-1)20-21(16-8-9-26-13-16)25(14-22-20)12-17-11-23-24-19(17)18-7-4-10-27-18/h1-7,10-11,14,16H,8-9,12-13H2,(H,23,24). The number of benzene rings is 1. The molecule has 1 atom stereocenters. The highest BCUT2D eigenvalue weighted by atomic mass is 32.1. The first-order valence-electron chi connectivity index (χ1n) is 9.14. The minimum Gasteiger partial charge on any atom is -0.381 e. The highest BCUT2D eigenvalue weighted by Crippen LogP contribution is 2.34. The molecule has 1 aliphatic rings. The van der Waals surface area contributed by atoms with Crippen molar-refractivity contribution in [1.82, 2.24) is 19.7 Å². The smallest absolute Gasteiger partial charge is 0.0959 e. The Morgan fingerprint density at radius 1 is 1.19 bits per heavy atom. The second-order valence-corrected chi connectivity index (χ2v) is 7.73. The molecule has 4 heterocycles. The number of hydrogen-bond acceptors (Lipinski definition) is 4. The van der Waals surface area contributed by atoms with Gasteiger partial charge in [0.25, 0.3) is 0 Å². The van der Waals surface area contributed by atoms with Crippen molar-refractivity contribution in [2.24, 2.45) is 0 Å². The van der Waals surface area contributed by atoms with E-state index in [1.807, 2.05) is 18.6 Å². The minimum atomic E-state index is 0.375. The number of nitrogens with one attached hydrogen (secondary N) is 1. The van der Waals surface area contributed by atoms with E-state index in [4.69, 9.17) is 9.72 Å². The van der Waals surface area contributed by atoms with E-state index in [1.54, 1.807) is 11.3 Å². The maximum Gasteiger partial charge on any atom is 0.0959 e. The third-order valence-electron chi connectivity index (χ3n) is 5.07. The Labute approximate surface area is 161 Å². The van der Waals surface area contributed by atoms with Crippen LogP contribution in [-0.4, -0.2) is 33.0 Å². The summed E-state index contributed by atoms with van der Waals surface area (Å²) in [5.74, 6) is 0.375. The Balaban J connectivity index is 1.55. The van der Waals surface area contributed by atoms with E-state index in [0.717, 1.165) is 43.1 Å². The van der Waals surface area contributed by atoms with Crippen LogP contribution in [0.5, 0.6) is 0 Å². The molecule has 1 fully saturated rings. The first-order chi connectivity index (χ1) is 13.4. The summed E-state index contributed by atoms with van der Waals surface area (Å²) in [4.78, 5) is 5.99. The molecular weight excluding hydrogens is 356 g/mol. The molecule has 27 heavy (non-hydrogen) atoms. The summed E-state index contributed by atoms with van der Waals surface area (Å²) in [6.07, 6.45) is 4.92. The Kier molecular flexibility index (Phi) is 4.35. The van der Waals surface area contributed by atoms with Crippen LogP contribution in [-0.2, 0) is 11.3 Å². The molecule has 0 amide bonds. The summed E-state index contributed by atoms with van der Waals surface area (Å²) in [7, 11) is 0. The van der Waals surface area contributed by atoms with Crippen molar-refractivity contribution in [2.45, 2.75) is 18.9 Å². The van der Waals surface area contributed by atoms with Crippen LogP contribution in [0.1, 0.15) is 23.6 Å². The number of imidazole rings is 1. The molecule has 0 spiro atoms. The van der Waals surface area contributed by atoms with Gasteiger partial charge in [-0.05, 0) is 17.9 Å². The highest BCUT2D eigenvalue weighted by Gasteiger charge is 2.26. The van der Waals surface area contributed by atoms with Crippen LogP contribution in [0.2, 0.25) is 0 Å². The summed E-state index contributed by atoms with van der Waals surface area (Å²) >= 11 is 1.72. The number of H-pyrrole nitrogens is 1. The summed E-state index contributed by atoms with van der Waals surface area (Å²) in [5.41, 5.74) is 5.75. The molecule has 5 rings (SSSR count). The lowest BCUT2D eigenvalue weighted by molar-refractivity contribution is 0.193. The maximum atomic E-state index is 5.69. The van der Waals surface area contributed by atoms with E-state index >= 15 is 0 Å². The Morgan fingerprint density at radius 2 is 2.11 bits per heavy atom. The molecule has 6 heteroatoms. The molecule has 1 saturated heterocycles. The van der Waals surface area contributed by atoms with Gasteiger partial charge in [0.1, 0.15) is 0 Å². The second-order valence-electron chi connectivity index (χ2n) is 6.78. The lowest BCUT2D eigenvalue weighted by Gasteiger charge is -2.15.